The lowest BCUT2D eigenvalue weighted by Gasteiger charge is -2.31. The Balaban J connectivity index is 4.26. The third kappa shape index (κ3) is 41.9. The zero-order chi connectivity index (χ0) is 44.9. The van der Waals surface area contributed by atoms with Crippen LogP contribution in [0, 0.1) is 0 Å². The van der Waals surface area contributed by atoms with Crippen LogP contribution in [0.25, 0.3) is 0 Å². The molecule has 0 spiro atoms. The lowest BCUT2D eigenvalue weighted by molar-refractivity contribution is -0.887. The van der Waals surface area contributed by atoms with Crippen molar-refractivity contribution in [1.29, 1.82) is 0 Å². The number of hydrogen-bond acceptors (Lipinski definition) is 6. The second kappa shape index (κ2) is 43.4. The fourth-order valence-electron chi connectivity index (χ4n) is 6.89. The van der Waals surface area contributed by atoms with Gasteiger partial charge in [0.2, 0.25) is 0 Å². The van der Waals surface area contributed by atoms with Gasteiger partial charge < -0.3 is 23.8 Å². The monoisotopic (exact) mass is 855 g/mol. The highest BCUT2D eigenvalue weighted by atomic mass is 16.6. The molecule has 0 saturated carbocycles. The summed E-state index contributed by atoms with van der Waals surface area (Å²) in [5.41, 5.74) is 0. The first kappa shape index (κ1) is 57.8. The molecule has 1 N–H and O–H groups in total. The van der Waals surface area contributed by atoms with E-state index in [1.807, 2.05) is 21.1 Å². The van der Waals surface area contributed by atoms with Gasteiger partial charge in [-0.25, -0.2) is 4.79 Å². The van der Waals surface area contributed by atoms with E-state index in [0.29, 0.717) is 19.3 Å². The van der Waals surface area contributed by atoms with Gasteiger partial charge in [-0.05, 0) is 77.0 Å². The summed E-state index contributed by atoms with van der Waals surface area (Å²) in [6.07, 6.45) is 55.2. The van der Waals surface area contributed by atoms with E-state index in [1.165, 1.54) is 77.0 Å². The van der Waals surface area contributed by atoms with Gasteiger partial charge in [-0.1, -0.05) is 170 Å². The third-order valence-electron chi connectivity index (χ3n) is 10.6. The molecular formula is C53H92NO7+. The first-order valence-electron chi connectivity index (χ1n) is 24.5. The number of carbonyl (C=O) groups is 3. The molecule has 350 valence electrons. The SMILES string of the molecule is CC/C=C/C/C=C/C/C=C/C/C=C/CCCCCCCCCCCCC(=O)OC(COCCC(C(=O)O)[N+](C)(C)C)COC(=O)CCCCCCCCC/C=C/C/C=C/CC. The minimum atomic E-state index is -0.879. The summed E-state index contributed by atoms with van der Waals surface area (Å²) in [7, 11) is 5.52. The number of nitrogens with zero attached hydrogens (tertiary/aromatic N) is 1. The Bertz CT molecular complexity index is 1230. The molecule has 0 saturated heterocycles. The van der Waals surface area contributed by atoms with Crippen molar-refractivity contribution in [2.45, 2.75) is 206 Å². The molecule has 2 atom stereocenters. The Morgan fingerprint density at radius 2 is 0.869 bits per heavy atom. The maximum absolute atomic E-state index is 12.8. The largest absolute Gasteiger partial charge is 0.477 e. The third-order valence-corrected chi connectivity index (χ3v) is 10.6. The number of hydrogen-bond donors (Lipinski definition) is 1. The number of rotatable bonds is 43. The second-order valence-electron chi connectivity index (χ2n) is 17.3. The van der Waals surface area contributed by atoms with Crippen molar-refractivity contribution in [2.75, 3.05) is 41.0 Å². The number of carboxylic acids is 1. The summed E-state index contributed by atoms with van der Waals surface area (Å²) in [5.74, 6) is -1.49. The highest BCUT2D eigenvalue weighted by Gasteiger charge is 2.31. The van der Waals surface area contributed by atoms with Gasteiger partial charge >= 0.3 is 17.9 Å². The Morgan fingerprint density at radius 1 is 0.492 bits per heavy atom. The summed E-state index contributed by atoms with van der Waals surface area (Å²) in [5, 5.41) is 9.64. The number of quaternary nitrogens is 1. The molecule has 0 heterocycles. The predicted octanol–water partition coefficient (Wildman–Crippen LogP) is 13.9. The maximum Gasteiger partial charge on any atom is 0.362 e. The zero-order valence-corrected chi connectivity index (χ0v) is 39.8. The van der Waals surface area contributed by atoms with Crippen LogP contribution < -0.4 is 0 Å². The van der Waals surface area contributed by atoms with E-state index in [4.69, 9.17) is 14.2 Å². The molecule has 0 radical (unpaired) electrons. The molecule has 0 aromatic carbocycles. The lowest BCUT2D eigenvalue weighted by atomic mass is 10.0. The highest BCUT2D eigenvalue weighted by molar-refractivity contribution is 5.72. The normalized spacial score (nSPS) is 13.5. The van der Waals surface area contributed by atoms with Crippen LogP contribution in [0.3, 0.4) is 0 Å². The summed E-state index contributed by atoms with van der Waals surface area (Å²) in [6.45, 7) is 4.51. The van der Waals surface area contributed by atoms with Gasteiger partial charge in [0, 0.05) is 19.3 Å². The van der Waals surface area contributed by atoms with Crippen molar-refractivity contribution in [1.82, 2.24) is 0 Å². The van der Waals surface area contributed by atoms with E-state index in [2.05, 4.69) is 86.8 Å². The van der Waals surface area contributed by atoms with Crippen LogP contribution in [-0.2, 0) is 28.6 Å². The number of esters is 2. The van der Waals surface area contributed by atoms with Gasteiger partial charge in [0.15, 0.2) is 12.1 Å². The average molecular weight is 855 g/mol. The van der Waals surface area contributed by atoms with Crippen molar-refractivity contribution in [3.63, 3.8) is 0 Å². The average Bonchev–Trinajstić information content (AvgIpc) is 3.22. The van der Waals surface area contributed by atoms with Crippen LogP contribution >= 0.6 is 0 Å². The quantitative estimate of drug-likeness (QED) is 0.0282. The summed E-state index contributed by atoms with van der Waals surface area (Å²) < 4.78 is 17.3. The van der Waals surface area contributed by atoms with Crippen molar-refractivity contribution in [3.05, 3.63) is 72.9 Å². The van der Waals surface area contributed by atoms with E-state index in [1.54, 1.807) is 0 Å². The molecule has 0 aromatic heterocycles. The van der Waals surface area contributed by atoms with Crippen molar-refractivity contribution in [3.8, 4) is 0 Å². The Morgan fingerprint density at radius 3 is 1.28 bits per heavy atom. The van der Waals surface area contributed by atoms with Crippen LogP contribution in [0.4, 0.5) is 0 Å². The van der Waals surface area contributed by atoms with Crippen molar-refractivity contribution >= 4 is 17.9 Å². The number of carboxylic acid groups (broad SMARTS) is 1. The molecule has 0 aromatic rings. The van der Waals surface area contributed by atoms with Gasteiger partial charge in [0.25, 0.3) is 0 Å². The van der Waals surface area contributed by atoms with Gasteiger partial charge in [-0.3, -0.25) is 9.59 Å². The molecule has 0 bridgehead atoms. The van der Waals surface area contributed by atoms with Crippen LogP contribution in [0.15, 0.2) is 72.9 Å². The van der Waals surface area contributed by atoms with E-state index < -0.39 is 18.1 Å². The molecule has 8 nitrogen and oxygen atoms in total. The van der Waals surface area contributed by atoms with Gasteiger partial charge in [0.05, 0.1) is 34.4 Å². The number of allylic oxidation sites excluding steroid dienone is 12. The first-order valence-corrected chi connectivity index (χ1v) is 24.5. The van der Waals surface area contributed by atoms with E-state index in [0.717, 1.165) is 83.5 Å². The van der Waals surface area contributed by atoms with E-state index in [-0.39, 0.29) is 36.2 Å². The Kier molecular flexibility index (Phi) is 41.1. The fourth-order valence-corrected chi connectivity index (χ4v) is 6.89. The van der Waals surface area contributed by atoms with Crippen molar-refractivity contribution < 1.29 is 38.2 Å². The minimum Gasteiger partial charge on any atom is -0.477 e. The van der Waals surface area contributed by atoms with Crippen molar-refractivity contribution in [2.24, 2.45) is 0 Å². The standard InChI is InChI=1S/C53H91NO7/c1-6-8-10-12-14-16-18-20-22-23-24-25-26-27-28-29-30-32-34-36-38-40-42-44-52(56)61-49(47-59-46-45-50(53(57)58)54(3,4)5)48-60-51(55)43-41-39-37-35-33-31-21-19-17-15-13-11-9-7-2/h8-11,14-17,20,22,24-25,49-50H,6-7,12-13,18-19,21,23,26-48H2,1-5H3/p+1/b10-8+,11-9+,16-14+,17-15+,22-20+,25-24+. The molecule has 0 fully saturated rings. The fraction of sp³-hybridized carbons (Fsp3) is 0.717. The number of aliphatic carboxylic acids is 1. The highest BCUT2D eigenvalue weighted by Crippen LogP contribution is 2.15. The van der Waals surface area contributed by atoms with Crippen LogP contribution in [0.5, 0.6) is 0 Å². The molecule has 2 unspecified atom stereocenters. The van der Waals surface area contributed by atoms with Crippen LogP contribution in [0.2, 0.25) is 0 Å². The smallest absolute Gasteiger partial charge is 0.362 e. The molecule has 0 rings (SSSR count). The number of likely N-dealkylation sites (N-methyl/N-ethyl adjacent to an activating group) is 1. The molecule has 0 aliphatic heterocycles. The second-order valence-corrected chi connectivity index (χ2v) is 17.3. The maximum atomic E-state index is 12.8. The first-order chi connectivity index (χ1) is 29.6. The molecule has 8 heteroatoms. The molecule has 0 aliphatic carbocycles. The summed E-state index contributed by atoms with van der Waals surface area (Å²) in [4.78, 5) is 37.1. The number of ether oxygens (including phenoxy) is 3. The van der Waals surface area contributed by atoms with E-state index >= 15 is 0 Å². The number of unbranched alkanes of at least 4 members (excludes halogenated alkanes) is 17. The van der Waals surface area contributed by atoms with Crippen LogP contribution in [0.1, 0.15) is 194 Å². The Labute approximate surface area is 374 Å². The molecule has 61 heavy (non-hydrogen) atoms. The minimum absolute atomic E-state index is 0.0542. The Hall–Kier alpha value is -3.23. The molecular weight excluding hydrogens is 763 g/mol. The van der Waals surface area contributed by atoms with Gasteiger partial charge in [-0.15, -0.1) is 0 Å². The predicted molar refractivity (Wildman–Crippen MR) is 257 cm³/mol. The molecule has 0 aliphatic rings. The summed E-state index contributed by atoms with van der Waals surface area (Å²) in [6, 6.07) is -0.619. The summed E-state index contributed by atoms with van der Waals surface area (Å²) >= 11 is 0. The molecule has 0 amide bonds. The van der Waals surface area contributed by atoms with Gasteiger partial charge in [-0.2, -0.15) is 0 Å². The number of carbonyl (C=O) groups excluding carboxylic acids is 2. The topological polar surface area (TPSA) is 99.1 Å². The zero-order valence-electron chi connectivity index (χ0n) is 39.8. The lowest BCUT2D eigenvalue weighted by Crippen LogP contribution is -2.50. The van der Waals surface area contributed by atoms with Gasteiger partial charge in [0.1, 0.15) is 6.61 Å². The van der Waals surface area contributed by atoms with Crippen LogP contribution in [-0.4, -0.2) is 80.6 Å². The van der Waals surface area contributed by atoms with E-state index in [9.17, 15) is 19.5 Å².